The van der Waals surface area contributed by atoms with E-state index >= 15 is 0 Å². The zero-order valence-corrected chi connectivity index (χ0v) is 11.7. The van der Waals surface area contributed by atoms with Crippen LogP contribution in [-0.4, -0.2) is 43.8 Å². The van der Waals surface area contributed by atoms with Crippen LogP contribution in [0.2, 0.25) is 0 Å². The third-order valence-corrected chi connectivity index (χ3v) is 3.75. The fraction of sp³-hybridized carbons (Fsp3) is 0.571. The highest BCUT2D eigenvalue weighted by atomic mass is 16.5. The van der Waals surface area contributed by atoms with Crippen LogP contribution in [0.4, 0.5) is 0 Å². The molecular formula is C14H20N4O2. The first-order valence-electron chi connectivity index (χ1n) is 6.99. The van der Waals surface area contributed by atoms with E-state index in [0.29, 0.717) is 24.7 Å². The third kappa shape index (κ3) is 3.08. The van der Waals surface area contributed by atoms with E-state index in [-0.39, 0.29) is 0 Å². The monoisotopic (exact) mass is 276 g/mol. The Hall–Kier alpha value is -1.66. The molecule has 1 fully saturated rings. The van der Waals surface area contributed by atoms with Crippen molar-refractivity contribution in [2.45, 2.75) is 38.3 Å². The number of aryl methyl sites for hydroxylation is 1. The van der Waals surface area contributed by atoms with Gasteiger partial charge in [-0.3, -0.25) is 4.90 Å². The second-order valence-electron chi connectivity index (χ2n) is 5.67. The van der Waals surface area contributed by atoms with Crippen molar-refractivity contribution < 1.29 is 9.63 Å². The summed E-state index contributed by atoms with van der Waals surface area (Å²) in [4.78, 5) is 9.52. The Morgan fingerprint density at radius 1 is 1.55 bits per heavy atom. The minimum absolute atomic E-state index is 0.428. The van der Waals surface area contributed by atoms with Crippen molar-refractivity contribution in [3.63, 3.8) is 0 Å². The van der Waals surface area contributed by atoms with Gasteiger partial charge in [0.2, 0.25) is 5.89 Å². The Labute approximate surface area is 117 Å². The van der Waals surface area contributed by atoms with Crippen LogP contribution >= 0.6 is 0 Å². The van der Waals surface area contributed by atoms with Gasteiger partial charge in [0.05, 0.1) is 12.0 Å². The van der Waals surface area contributed by atoms with Gasteiger partial charge in [-0.1, -0.05) is 5.16 Å². The number of nitrogens with zero attached hydrogens (tertiary/aromatic N) is 3. The number of likely N-dealkylation sites (tertiary alicyclic amines) is 1. The molecule has 0 bridgehead atoms. The van der Waals surface area contributed by atoms with E-state index in [0.717, 1.165) is 25.9 Å². The van der Waals surface area contributed by atoms with Crippen molar-refractivity contribution in [3.8, 4) is 0 Å². The molecule has 0 aliphatic carbocycles. The van der Waals surface area contributed by atoms with Crippen LogP contribution in [0.1, 0.15) is 30.1 Å². The molecule has 1 aliphatic heterocycles. The summed E-state index contributed by atoms with van der Waals surface area (Å²) in [6.45, 7) is 4.29. The number of hydrogen-bond donors (Lipinski definition) is 2. The van der Waals surface area contributed by atoms with Crippen LogP contribution in [-0.2, 0) is 13.0 Å². The molecule has 2 aromatic rings. The number of aromatic amines is 1. The molecular weight excluding hydrogens is 256 g/mol. The summed E-state index contributed by atoms with van der Waals surface area (Å²) in [5, 5.41) is 14.5. The maximum Gasteiger partial charge on any atom is 0.229 e. The van der Waals surface area contributed by atoms with Gasteiger partial charge in [-0.05, 0) is 37.9 Å². The summed E-state index contributed by atoms with van der Waals surface area (Å²) in [5.41, 5.74) is 0.468. The molecule has 0 spiro atoms. The molecule has 0 saturated carbocycles. The van der Waals surface area contributed by atoms with Crippen LogP contribution in [0, 0.1) is 6.92 Å². The quantitative estimate of drug-likeness (QED) is 0.879. The summed E-state index contributed by atoms with van der Waals surface area (Å²) < 4.78 is 5.13. The lowest BCUT2D eigenvalue weighted by Crippen LogP contribution is -2.49. The Morgan fingerprint density at radius 2 is 2.45 bits per heavy atom. The standard InChI is InChI=1S/C14H20N4O2/c1-11-16-13(20-17-11)7-14(19)4-2-6-18(10-14)9-12-3-5-15-8-12/h3,5,8,15,19H,2,4,6-7,9-10H2,1H3. The van der Waals surface area contributed by atoms with Gasteiger partial charge < -0.3 is 14.6 Å². The molecule has 3 rings (SSSR count). The molecule has 1 aliphatic rings. The molecule has 6 heteroatoms. The highest BCUT2D eigenvalue weighted by Gasteiger charge is 2.35. The number of H-pyrrole nitrogens is 1. The van der Waals surface area contributed by atoms with Gasteiger partial charge >= 0.3 is 0 Å². The Kier molecular flexibility index (Phi) is 3.58. The number of β-amino-alcohol motifs (C(OH)–C–C–N with tert-alkyl or cyclic N) is 1. The molecule has 0 aromatic carbocycles. The Morgan fingerprint density at radius 3 is 3.15 bits per heavy atom. The van der Waals surface area contributed by atoms with Crippen molar-refractivity contribution >= 4 is 0 Å². The summed E-state index contributed by atoms with van der Waals surface area (Å²) in [6, 6.07) is 2.06. The molecule has 3 heterocycles. The van der Waals surface area contributed by atoms with Crippen molar-refractivity contribution in [1.82, 2.24) is 20.0 Å². The zero-order valence-electron chi connectivity index (χ0n) is 11.7. The first kappa shape index (κ1) is 13.3. The van der Waals surface area contributed by atoms with Crippen LogP contribution < -0.4 is 0 Å². The van der Waals surface area contributed by atoms with Crippen molar-refractivity contribution in [1.29, 1.82) is 0 Å². The largest absolute Gasteiger partial charge is 0.388 e. The van der Waals surface area contributed by atoms with Crippen LogP contribution in [0.25, 0.3) is 0 Å². The molecule has 1 saturated heterocycles. The molecule has 1 unspecified atom stereocenters. The number of nitrogens with one attached hydrogen (secondary N) is 1. The van der Waals surface area contributed by atoms with E-state index in [1.807, 2.05) is 12.4 Å². The lowest BCUT2D eigenvalue weighted by molar-refractivity contribution is -0.0373. The molecule has 0 radical (unpaired) electrons. The minimum Gasteiger partial charge on any atom is -0.388 e. The number of piperidine rings is 1. The van der Waals surface area contributed by atoms with Gasteiger partial charge in [-0.25, -0.2) is 0 Å². The zero-order chi connectivity index (χ0) is 14.0. The van der Waals surface area contributed by atoms with Crippen LogP contribution in [0.15, 0.2) is 23.0 Å². The van der Waals surface area contributed by atoms with Gasteiger partial charge in [-0.15, -0.1) is 0 Å². The molecule has 108 valence electrons. The fourth-order valence-corrected chi connectivity index (χ4v) is 2.89. The van der Waals surface area contributed by atoms with Gasteiger partial charge in [0, 0.05) is 25.5 Å². The first-order valence-corrected chi connectivity index (χ1v) is 6.99. The smallest absolute Gasteiger partial charge is 0.229 e. The molecule has 1 atom stereocenters. The maximum atomic E-state index is 10.8. The number of aliphatic hydroxyl groups is 1. The molecule has 20 heavy (non-hydrogen) atoms. The summed E-state index contributed by atoms with van der Waals surface area (Å²) in [7, 11) is 0. The molecule has 2 aromatic heterocycles. The Balaban J connectivity index is 1.64. The van der Waals surface area contributed by atoms with E-state index in [1.54, 1.807) is 6.92 Å². The van der Waals surface area contributed by atoms with Crippen molar-refractivity contribution in [3.05, 3.63) is 35.7 Å². The summed E-state index contributed by atoms with van der Waals surface area (Å²) in [6.07, 6.45) is 6.10. The predicted octanol–water partition coefficient (Wildman–Crippen LogP) is 1.28. The number of aromatic nitrogens is 3. The van der Waals surface area contributed by atoms with Crippen molar-refractivity contribution in [2.75, 3.05) is 13.1 Å². The highest BCUT2D eigenvalue weighted by Crippen LogP contribution is 2.25. The maximum absolute atomic E-state index is 10.8. The highest BCUT2D eigenvalue weighted by molar-refractivity contribution is 5.08. The summed E-state index contributed by atoms with van der Waals surface area (Å²) in [5.74, 6) is 1.14. The lowest BCUT2D eigenvalue weighted by atomic mass is 9.89. The second-order valence-corrected chi connectivity index (χ2v) is 5.67. The van der Waals surface area contributed by atoms with Gasteiger partial charge in [0.15, 0.2) is 5.82 Å². The lowest BCUT2D eigenvalue weighted by Gasteiger charge is -2.38. The number of rotatable bonds is 4. The van der Waals surface area contributed by atoms with Gasteiger partial charge in [-0.2, -0.15) is 4.98 Å². The van der Waals surface area contributed by atoms with Crippen molar-refractivity contribution in [2.24, 2.45) is 0 Å². The first-order chi connectivity index (χ1) is 9.63. The normalized spacial score (nSPS) is 24.1. The predicted molar refractivity (Wildman–Crippen MR) is 73.0 cm³/mol. The van der Waals surface area contributed by atoms with Crippen LogP contribution in [0.5, 0.6) is 0 Å². The fourth-order valence-electron chi connectivity index (χ4n) is 2.89. The topological polar surface area (TPSA) is 78.2 Å². The average Bonchev–Trinajstić information content (AvgIpc) is 3.01. The van der Waals surface area contributed by atoms with E-state index in [2.05, 4.69) is 26.1 Å². The molecule has 6 nitrogen and oxygen atoms in total. The average molecular weight is 276 g/mol. The SMILES string of the molecule is Cc1noc(CC2(O)CCCN(Cc3cc[nH]c3)C2)n1. The minimum atomic E-state index is -0.770. The van der Waals surface area contributed by atoms with E-state index in [9.17, 15) is 5.11 Å². The van der Waals surface area contributed by atoms with Crippen LogP contribution in [0.3, 0.4) is 0 Å². The van der Waals surface area contributed by atoms with E-state index < -0.39 is 5.60 Å². The van der Waals surface area contributed by atoms with Gasteiger partial charge in [0.25, 0.3) is 0 Å². The number of hydrogen-bond acceptors (Lipinski definition) is 5. The second kappa shape index (κ2) is 5.38. The summed E-state index contributed by atoms with van der Waals surface area (Å²) >= 11 is 0. The molecule has 2 N–H and O–H groups in total. The van der Waals surface area contributed by atoms with E-state index in [4.69, 9.17) is 4.52 Å². The third-order valence-electron chi connectivity index (χ3n) is 3.75. The van der Waals surface area contributed by atoms with Gasteiger partial charge in [0.1, 0.15) is 0 Å². The Bertz CT molecular complexity index is 551. The van der Waals surface area contributed by atoms with E-state index in [1.165, 1.54) is 5.56 Å². The molecule has 0 amide bonds.